The van der Waals surface area contributed by atoms with Crippen molar-refractivity contribution < 1.29 is 13.9 Å². The Hall–Kier alpha value is -2.07. The van der Waals surface area contributed by atoms with Gasteiger partial charge in [0.2, 0.25) is 0 Å². The van der Waals surface area contributed by atoms with Crippen molar-refractivity contribution in [3.8, 4) is 11.5 Å². The molecule has 0 aliphatic carbocycles. The van der Waals surface area contributed by atoms with Gasteiger partial charge in [0, 0.05) is 17.3 Å². The fourth-order valence-corrected chi connectivity index (χ4v) is 2.55. The van der Waals surface area contributed by atoms with Crippen molar-refractivity contribution in [1.82, 2.24) is 4.98 Å². The molecule has 0 amide bonds. The third kappa shape index (κ3) is 3.64. The molecule has 0 bridgehead atoms. The monoisotopic (exact) mass is 335 g/mol. The third-order valence-electron chi connectivity index (χ3n) is 3.46. The SMILES string of the molecule is COc1cc(C=Cc2ncccc2Cl)c(F)c(OC)c1C(C)C. The Balaban J connectivity index is 2.53. The number of hydrogen-bond donors (Lipinski definition) is 0. The molecule has 0 aliphatic heterocycles. The van der Waals surface area contributed by atoms with Crippen molar-refractivity contribution in [3.63, 3.8) is 0 Å². The van der Waals surface area contributed by atoms with Crippen LogP contribution in [-0.2, 0) is 0 Å². The van der Waals surface area contributed by atoms with Gasteiger partial charge < -0.3 is 9.47 Å². The van der Waals surface area contributed by atoms with Gasteiger partial charge in [0.1, 0.15) is 5.75 Å². The van der Waals surface area contributed by atoms with E-state index in [2.05, 4.69) is 4.98 Å². The van der Waals surface area contributed by atoms with Gasteiger partial charge in [-0.25, -0.2) is 4.39 Å². The number of aromatic nitrogens is 1. The van der Waals surface area contributed by atoms with Gasteiger partial charge in [-0.05, 0) is 36.3 Å². The van der Waals surface area contributed by atoms with E-state index in [1.165, 1.54) is 7.11 Å². The number of halogens is 2. The molecule has 2 rings (SSSR count). The summed E-state index contributed by atoms with van der Waals surface area (Å²) >= 11 is 6.06. The Labute approximate surface area is 140 Å². The van der Waals surface area contributed by atoms with Gasteiger partial charge in [0.05, 0.1) is 24.9 Å². The molecule has 0 unspecified atom stereocenters. The van der Waals surface area contributed by atoms with E-state index in [0.717, 1.165) is 0 Å². The molecule has 0 atom stereocenters. The first-order valence-electron chi connectivity index (χ1n) is 7.22. The fraction of sp³-hybridized carbons (Fsp3) is 0.278. The first-order valence-corrected chi connectivity index (χ1v) is 7.60. The summed E-state index contributed by atoms with van der Waals surface area (Å²) in [6, 6.07) is 5.12. The lowest BCUT2D eigenvalue weighted by molar-refractivity contribution is 0.362. The van der Waals surface area contributed by atoms with Crippen molar-refractivity contribution in [2.75, 3.05) is 14.2 Å². The average Bonchev–Trinajstić information content (AvgIpc) is 2.54. The van der Waals surface area contributed by atoms with Crippen LogP contribution in [0.4, 0.5) is 4.39 Å². The molecule has 5 heteroatoms. The molecule has 0 fully saturated rings. The summed E-state index contributed by atoms with van der Waals surface area (Å²) in [7, 11) is 3.01. The number of ether oxygens (including phenoxy) is 2. The molecule has 23 heavy (non-hydrogen) atoms. The molecule has 2 aromatic rings. The standard InChI is InChI=1S/C18H19ClFNO2/c1-11(2)16-15(22-3)10-12(17(20)18(16)23-4)7-8-14-13(19)6-5-9-21-14/h5-11H,1-4H3. The van der Waals surface area contributed by atoms with Gasteiger partial charge in [-0.1, -0.05) is 25.4 Å². The van der Waals surface area contributed by atoms with Crippen LogP contribution in [0.25, 0.3) is 12.2 Å². The van der Waals surface area contributed by atoms with Gasteiger partial charge >= 0.3 is 0 Å². The van der Waals surface area contributed by atoms with Gasteiger partial charge in [-0.15, -0.1) is 0 Å². The highest BCUT2D eigenvalue weighted by Gasteiger charge is 2.21. The first-order chi connectivity index (χ1) is 11.0. The van der Waals surface area contributed by atoms with E-state index >= 15 is 0 Å². The molecule has 3 nitrogen and oxygen atoms in total. The number of pyridine rings is 1. The molecule has 0 N–H and O–H groups in total. The predicted molar refractivity (Wildman–Crippen MR) is 91.8 cm³/mol. The Kier molecular flexibility index (Phi) is 5.61. The van der Waals surface area contributed by atoms with Crippen LogP contribution < -0.4 is 9.47 Å². The van der Waals surface area contributed by atoms with Gasteiger partial charge in [-0.2, -0.15) is 0 Å². The number of benzene rings is 1. The van der Waals surface area contributed by atoms with Crippen LogP contribution in [0.1, 0.15) is 36.6 Å². The van der Waals surface area contributed by atoms with Gasteiger partial charge in [0.15, 0.2) is 11.6 Å². The zero-order chi connectivity index (χ0) is 17.0. The van der Waals surface area contributed by atoms with Crippen LogP contribution in [0.2, 0.25) is 5.02 Å². The molecule has 122 valence electrons. The first kappa shape index (κ1) is 17.3. The van der Waals surface area contributed by atoms with Crippen molar-refractivity contribution in [1.29, 1.82) is 0 Å². The molecular formula is C18H19ClFNO2. The van der Waals surface area contributed by atoms with Crippen molar-refractivity contribution >= 4 is 23.8 Å². The second-order valence-electron chi connectivity index (χ2n) is 5.29. The lowest BCUT2D eigenvalue weighted by atomic mass is 9.97. The maximum Gasteiger partial charge on any atom is 0.172 e. The summed E-state index contributed by atoms with van der Waals surface area (Å²) in [5.74, 6) is 0.425. The van der Waals surface area contributed by atoms with E-state index < -0.39 is 5.82 Å². The summed E-state index contributed by atoms with van der Waals surface area (Å²) in [5.41, 5.74) is 1.63. The zero-order valence-electron chi connectivity index (χ0n) is 13.6. The van der Waals surface area contributed by atoms with Crippen molar-refractivity contribution in [3.05, 3.63) is 52.1 Å². The van der Waals surface area contributed by atoms with E-state index in [-0.39, 0.29) is 11.7 Å². The Morgan fingerprint density at radius 1 is 1.22 bits per heavy atom. The van der Waals surface area contributed by atoms with E-state index in [1.54, 1.807) is 43.7 Å². The number of rotatable bonds is 5. The van der Waals surface area contributed by atoms with E-state index in [1.807, 2.05) is 13.8 Å². The number of hydrogen-bond acceptors (Lipinski definition) is 3. The van der Waals surface area contributed by atoms with E-state index in [9.17, 15) is 4.39 Å². The number of nitrogens with zero attached hydrogens (tertiary/aromatic N) is 1. The van der Waals surface area contributed by atoms with Gasteiger partial charge in [0.25, 0.3) is 0 Å². The summed E-state index contributed by atoms with van der Waals surface area (Å²) in [4.78, 5) is 4.15. The normalized spacial score (nSPS) is 11.3. The van der Waals surface area contributed by atoms with Crippen LogP contribution in [0, 0.1) is 5.82 Å². The Bertz CT molecular complexity index is 729. The van der Waals surface area contributed by atoms with E-state index in [0.29, 0.717) is 27.6 Å². The molecule has 0 saturated carbocycles. The summed E-state index contributed by atoms with van der Waals surface area (Å²) in [6.45, 7) is 3.92. The minimum absolute atomic E-state index is 0.0673. The fourth-order valence-electron chi connectivity index (χ4n) is 2.37. The quantitative estimate of drug-likeness (QED) is 0.754. The Morgan fingerprint density at radius 3 is 2.52 bits per heavy atom. The maximum atomic E-state index is 14.7. The summed E-state index contributed by atoms with van der Waals surface area (Å²) in [6.07, 6.45) is 4.90. The van der Waals surface area contributed by atoms with Crippen LogP contribution in [-0.4, -0.2) is 19.2 Å². The summed E-state index contributed by atoms with van der Waals surface area (Å²) < 4.78 is 25.4. The minimum atomic E-state index is -0.430. The van der Waals surface area contributed by atoms with Crippen LogP contribution in [0.3, 0.4) is 0 Å². The van der Waals surface area contributed by atoms with Crippen molar-refractivity contribution in [2.45, 2.75) is 19.8 Å². The maximum absolute atomic E-state index is 14.7. The second kappa shape index (κ2) is 7.47. The molecule has 1 aromatic carbocycles. The molecule has 1 aromatic heterocycles. The van der Waals surface area contributed by atoms with Crippen LogP contribution in [0.5, 0.6) is 11.5 Å². The lowest BCUT2D eigenvalue weighted by Gasteiger charge is -2.18. The van der Waals surface area contributed by atoms with Crippen LogP contribution in [0.15, 0.2) is 24.4 Å². The molecular weight excluding hydrogens is 317 g/mol. The highest BCUT2D eigenvalue weighted by atomic mass is 35.5. The summed E-state index contributed by atoms with van der Waals surface area (Å²) in [5, 5.41) is 0.502. The highest BCUT2D eigenvalue weighted by molar-refractivity contribution is 6.31. The zero-order valence-corrected chi connectivity index (χ0v) is 14.3. The minimum Gasteiger partial charge on any atom is -0.496 e. The second-order valence-corrected chi connectivity index (χ2v) is 5.69. The predicted octanol–water partition coefficient (Wildman–Crippen LogP) is 5.19. The van der Waals surface area contributed by atoms with Gasteiger partial charge in [-0.3, -0.25) is 4.98 Å². The highest BCUT2D eigenvalue weighted by Crippen LogP contribution is 2.39. The molecule has 0 radical (unpaired) electrons. The number of methoxy groups -OCH3 is 2. The topological polar surface area (TPSA) is 31.4 Å². The largest absolute Gasteiger partial charge is 0.496 e. The molecule has 0 spiro atoms. The average molecular weight is 336 g/mol. The van der Waals surface area contributed by atoms with E-state index in [4.69, 9.17) is 21.1 Å². The van der Waals surface area contributed by atoms with Crippen LogP contribution >= 0.6 is 11.6 Å². The molecule has 0 saturated heterocycles. The molecule has 0 aliphatic rings. The Morgan fingerprint density at radius 2 is 1.96 bits per heavy atom. The third-order valence-corrected chi connectivity index (χ3v) is 3.78. The smallest absolute Gasteiger partial charge is 0.172 e. The van der Waals surface area contributed by atoms with Crippen molar-refractivity contribution in [2.24, 2.45) is 0 Å². The molecule has 1 heterocycles. The lowest BCUT2D eigenvalue weighted by Crippen LogP contribution is -2.03.